The van der Waals surface area contributed by atoms with Gasteiger partial charge in [-0.15, -0.1) is 0 Å². The maximum absolute atomic E-state index is 13.1. The average Bonchev–Trinajstić information content (AvgIpc) is 3.22. The summed E-state index contributed by atoms with van der Waals surface area (Å²) in [5.41, 5.74) is -2.49. The minimum absolute atomic E-state index is 0.193. The Bertz CT molecular complexity index is 1690. The molecule has 0 bridgehead atoms. The highest BCUT2D eigenvalue weighted by molar-refractivity contribution is 7.92. The van der Waals surface area contributed by atoms with Gasteiger partial charge in [-0.2, -0.15) is 18.4 Å². The van der Waals surface area contributed by atoms with Gasteiger partial charge in [0.05, 0.1) is 27.0 Å². The summed E-state index contributed by atoms with van der Waals surface area (Å²) in [6, 6.07) is 12.3. The smallest absolute Gasteiger partial charge is 0.325 e. The third kappa shape index (κ3) is 2.48. The molecule has 2 aromatic carbocycles. The van der Waals surface area contributed by atoms with Gasteiger partial charge in [0.15, 0.2) is 5.65 Å². The summed E-state index contributed by atoms with van der Waals surface area (Å²) in [4.78, 5) is 8.23. The summed E-state index contributed by atoms with van der Waals surface area (Å²) in [6.07, 6.45) is 0. The van der Waals surface area contributed by atoms with E-state index in [4.69, 9.17) is 0 Å². The van der Waals surface area contributed by atoms with Crippen molar-refractivity contribution in [3.8, 4) is 6.07 Å². The number of imidazole rings is 1. The van der Waals surface area contributed by atoms with E-state index in [2.05, 4.69) is 16.0 Å². The number of hydrogen-bond donors (Lipinski definition) is 0. The standard InChI is InChI=1S/C20H12F3N5O2S/c1-2-27-15-8-7-11(31(29,30)20(21,22)23)9-16(15)28-18-17(12(10-24)19(27)28)25-13-5-3-4-6-14(13)26-18/h3-9H,2H2,1H3. The zero-order chi connectivity index (χ0) is 22.1. The second-order valence-electron chi connectivity index (χ2n) is 6.87. The van der Waals surface area contributed by atoms with Gasteiger partial charge in [0.2, 0.25) is 0 Å². The molecular formula is C20H12F3N5O2S. The first-order valence-corrected chi connectivity index (χ1v) is 10.6. The van der Waals surface area contributed by atoms with Gasteiger partial charge in [0, 0.05) is 6.54 Å². The van der Waals surface area contributed by atoms with E-state index in [0.29, 0.717) is 34.3 Å². The van der Waals surface area contributed by atoms with Gasteiger partial charge in [0.1, 0.15) is 22.8 Å². The number of benzene rings is 2. The summed E-state index contributed by atoms with van der Waals surface area (Å²) in [6.45, 7) is 2.21. The molecule has 0 atom stereocenters. The molecule has 0 aliphatic heterocycles. The number of alkyl halides is 3. The van der Waals surface area contributed by atoms with Crippen LogP contribution in [0.3, 0.4) is 0 Å². The molecule has 0 spiro atoms. The van der Waals surface area contributed by atoms with Crippen molar-refractivity contribution in [3.05, 3.63) is 48.0 Å². The van der Waals surface area contributed by atoms with E-state index >= 15 is 0 Å². The number of fused-ring (bicyclic) bond motifs is 6. The second-order valence-corrected chi connectivity index (χ2v) is 8.82. The van der Waals surface area contributed by atoms with Gasteiger partial charge in [-0.3, -0.25) is 4.40 Å². The van der Waals surface area contributed by atoms with E-state index in [0.717, 1.165) is 12.1 Å². The molecule has 3 heterocycles. The summed E-state index contributed by atoms with van der Waals surface area (Å²) in [5.74, 6) is 0. The third-order valence-electron chi connectivity index (χ3n) is 5.21. The predicted octanol–water partition coefficient (Wildman–Crippen LogP) is 4.18. The van der Waals surface area contributed by atoms with Crippen LogP contribution in [-0.2, 0) is 16.4 Å². The number of hydrogen-bond acceptors (Lipinski definition) is 5. The van der Waals surface area contributed by atoms with E-state index in [1.165, 1.54) is 10.5 Å². The molecule has 0 aliphatic rings. The molecule has 3 aromatic heterocycles. The Kier molecular flexibility index (Phi) is 3.85. The molecule has 5 rings (SSSR count). The lowest BCUT2D eigenvalue weighted by atomic mass is 10.2. The molecule has 0 unspecified atom stereocenters. The number of nitrogens with zero attached hydrogens (tertiary/aromatic N) is 5. The first-order valence-electron chi connectivity index (χ1n) is 9.13. The predicted molar refractivity (Wildman–Crippen MR) is 107 cm³/mol. The van der Waals surface area contributed by atoms with Gasteiger partial charge in [-0.1, -0.05) is 12.1 Å². The van der Waals surface area contributed by atoms with Crippen molar-refractivity contribution < 1.29 is 21.6 Å². The fourth-order valence-corrected chi connectivity index (χ4v) is 4.65. The summed E-state index contributed by atoms with van der Waals surface area (Å²) in [7, 11) is -5.54. The average molecular weight is 443 g/mol. The van der Waals surface area contributed by atoms with Crippen LogP contribution in [0.15, 0.2) is 47.4 Å². The highest BCUT2D eigenvalue weighted by Gasteiger charge is 2.47. The van der Waals surface area contributed by atoms with Crippen molar-refractivity contribution in [1.82, 2.24) is 18.9 Å². The number of halogens is 3. The Balaban J connectivity index is 2.01. The fraction of sp³-hybridized carbons (Fsp3) is 0.150. The zero-order valence-electron chi connectivity index (χ0n) is 15.8. The number of rotatable bonds is 2. The third-order valence-corrected chi connectivity index (χ3v) is 6.70. The van der Waals surface area contributed by atoms with Gasteiger partial charge in [-0.25, -0.2) is 18.4 Å². The molecule has 11 heteroatoms. The van der Waals surface area contributed by atoms with Crippen LogP contribution >= 0.6 is 0 Å². The zero-order valence-corrected chi connectivity index (χ0v) is 16.7. The largest absolute Gasteiger partial charge is 0.501 e. The van der Waals surface area contributed by atoms with Gasteiger partial charge >= 0.3 is 5.51 Å². The number of sulfone groups is 1. The molecule has 0 saturated carbocycles. The van der Waals surface area contributed by atoms with E-state index in [9.17, 15) is 26.9 Å². The molecule has 156 valence electrons. The minimum atomic E-state index is -5.54. The highest BCUT2D eigenvalue weighted by atomic mass is 32.2. The molecule has 0 aliphatic carbocycles. The van der Waals surface area contributed by atoms with E-state index < -0.39 is 20.2 Å². The number of para-hydroxylation sites is 2. The first-order chi connectivity index (χ1) is 14.7. The minimum Gasteiger partial charge on any atom is -0.325 e. The topological polar surface area (TPSA) is 93.1 Å². The van der Waals surface area contributed by atoms with Crippen LogP contribution in [0.4, 0.5) is 13.2 Å². The molecule has 0 fully saturated rings. The Morgan fingerprint density at radius 2 is 1.74 bits per heavy atom. The van der Waals surface area contributed by atoms with Gasteiger partial charge in [0.25, 0.3) is 9.84 Å². The summed E-state index contributed by atoms with van der Waals surface area (Å²) in [5, 5.41) is 9.84. The molecule has 0 saturated heterocycles. The van der Waals surface area contributed by atoms with Crippen LogP contribution < -0.4 is 0 Å². The molecule has 0 N–H and O–H groups in total. The van der Waals surface area contributed by atoms with Crippen molar-refractivity contribution in [2.24, 2.45) is 0 Å². The quantitative estimate of drug-likeness (QED) is 0.408. The first kappa shape index (κ1) is 19.3. The summed E-state index contributed by atoms with van der Waals surface area (Å²) < 4.78 is 66.6. The maximum atomic E-state index is 13.1. The summed E-state index contributed by atoms with van der Waals surface area (Å²) >= 11 is 0. The van der Waals surface area contributed by atoms with Gasteiger partial charge in [-0.05, 0) is 37.3 Å². The molecule has 31 heavy (non-hydrogen) atoms. The Labute approximate surface area is 172 Å². The van der Waals surface area contributed by atoms with Crippen LogP contribution in [0, 0.1) is 11.3 Å². The molecule has 0 amide bonds. The normalized spacial score (nSPS) is 12.9. The van der Waals surface area contributed by atoms with Crippen LogP contribution in [0.5, 0.6) is 0 Å². The van der Waals surface area contributed by atoms with Crippen LogP contribution in [0.25, 0.3) is 38.9 Å². The molecule has 0 radical (unpaired) electrons. The van der Waals surface area contributed by atoms with Crippen molar-refractivity contribution in [3.63, 3.8) is 0 Å². The van der Waals surface area contributed by atoms with Crippen LogP contribution in [0.1, 0.15) is 12.5 Å². The number of aromatic nitrogens is 4. The maximum Gasteiger partial charge on any atom is 0.501 e. The van der Waals surface area contributed by atoms with E-state index in [1.807, 2.05) is 6.92 Å². The van der Waals surface area contributed by atoms with Crippen LogP contribution in [0.2, 0.25) is 0 Å². The lowest BCUT2D eigenvalue weighted by Gasteiger charge is -2.08. The fourth-order valence-electron chi connectivity index (χ4n) is 3.86. The lowest BCUT2D eigenvalue weighted by molar-refractivity contribution is -0.0435. The Morgan fingerprint density at radius 1 is 1.06 bits per heavy atom. The van der Waals surface area contributed by atoms with E-state index in [1.54, 1.807) is 28.8 Å². The highest BCUT2D eigenvalue weighted by Crippen LogP contribution is 2.36. The Hall–Kier alpha value is -3.65. The monoisotopic (exact) mass is 443 g/mol. The van der Waals surface area contributed by atoms with Crippen molar-refractivity contribution >= 4 is 48.7 Å². The van der Waals surface area contributed by atoms with Crippen molar-refractivity contribution in [2.45, 2.75) is 23.9 Å². The van der Waals surface area contributed by atoms with Crippen molar-refractivity contribution in [1.29, 1.82) is 5.26 Å². The Morgan fingerprint density at radius 3 is 2.35 bits per heavy atom. The number of aryl methyl sites for hydroxylation is 1. The molecule has 5 aromatic rings. The van der Waals surface area contributed by atoms with Crippen molar-refractivity contribution in [2.75, 3.05) is 0 Å². The lowest BCUT2D eigenvalue weighted by Crippen LogP contribution is -2.23. The van der Waals surface area contributed by atoms with Gasteiger partial charge < -0.3 is 4.57 Å². The molecule has 7 nitrogen and oxygen atoms in total. The number of nitriles is 1. The molecular weight excluding hydrogens is 431 g/mol. The van der Waals surface area contributed by atoms with Crippen LogP contribution in [-0.4, -0.2) is 32.9 Å². The van der Waals surface area contributed by atoms with E-state index in [-0.39, 0.29) is 16.7 Å². The SMILES string of the molecule is CCn1c2ccc(S(=O)(=O)C(F)(F)F)cc2n2c3nc4ccccc4nc3c(C#N)c12. The second kappa shape index (κ2) is 6.18.